The van der Waals surface area contributed by atoms with Gasteiger partial charge in [-0.05, 0) is 0 Å². The fourth-order valence-corrected chi connectivity index (χ4v) is 1.43. The lowest BCUT2D eigenvalue weighted by atomic mass is 10.5. The van der Waals surface area contributed by atoms with Crippen molar-refractivity contribution in [3.8, 4) is 0 Å². The van der Waals surface area contributed by atoms with E-state index in [1.54, 1.807) is 5.51 Å². The third kappa shape index (κ3) is 1.94. The van der Waals surface area contributed by atoms with Gasteiger partial charge in [-0.15, -0.1) is 11.3 Å². The maximum Gasteiger partial charge on any atom is 0.263 e. The summed E-state index contributed by atoms with van der Waals surface area (Å²) in [6.45, 7) is 0.344. The molecule has 0 unspecified atom stereocenters. The quantitative estimate of drug-likeness (QED) is 0.755. The first-order chi connectivity index (χ1) is 6.86. The molecule has 2 rings (SSSR count). The molecule has 0 saturated carbocycles. The Hall–Kier alpha value is -1.76. The maximum absolute atomic E-state index is 11.4. The molecule has 14 heavy (non-hydrogen) atoms. The first-order valence-electron chi connectivity index (χ1n) is 3.87. The molecule has 0 bridgehead atoms. The van der Waals surface area contributed by atoms with E-state index in [4.69, 9.17) is 0 Å². The number of H-pyrrole nitrogens is 1. The van der Waals surface area contributed by atoms with Crippen LogP contribution in [0.4, 0.5) is 0 Å². The average Bonchev–Trinajstić information content (AvgIpc) is 2.87. The molecule has 0 radical (unpaired) electrons. The van der Waals surface area contributed by atoms with Gasteiger partial charge in [-0.2, -0.15) is 5.10 Å². The van der Waals surface area contributed by atoms with Gasteiger partial charge < -0.3 is 5.32 Å². The second kappa shape index (κ2) is 3.97. The Morgan fingerprint density at radius 2 is 2.57 bits per heavy atom. The highest BCUT2D eigenvalue weighted by Crippen LogP contribution is 2.04. The van der Waals surface area contributed by atoms with Crippen LogP contribution < -0.4 is 5.32 Å². The van der Waals surface area contributed by atoms with Gasteiger partial charge in [-0.25, -0.2) is 4.98 Å². The Labute approximate surface area is 83.4 Å². The molecule has 72 valence electrons. The molecule has 2 N–H and O–H groups in total. The highest BCUT2D eigenvalue weighted by atomic mass is 32.1. The van der Waals surface area contributed by atoms with Crippen molar-refractivity contribution in [3.05, 3.63) is 28.7 Å². The molecule has 7 heteroatoms. The summed E-state index contributed by atoms with van der Waals surface area (Å²) in [5.74, 6) is 0.478. The summed E-state index contributed by atoms with van der Waals surface area (Å²) in [4.78, 5) is 19.7. The molecular formula is C7H7N5OS. The van der Waals surface area contributed by atoms with Gasteiger partial charge in [0, 0.05) is 0 Å². The van der Waals surface area contributed by atoms with Crippen LogP contribution in [0, 0.1) is 0 Å². The number of thiazole rings is 1. The predicted molar refractivity (Wildman–Crippen MR) is 49.7 cm³/mol. The smallest absolute Gasteiger partial charge is 0.263 e. The van der Waals surface area contributed by atoms with Crippen molar-refractivity contribution in [1.29, 1.82) is 0 Å². The van der Waals surface area contributed by atoms with Crippen LogP contribution >= 0.6 is 11.3 Å². The van der Waals surface area contributed by atoms with Gasteiger partial charge in [0.2, 0.25) is 0 Å². The zero-order chi connectivity index (χ0) is 9.80. The van der Waals surface area contributed by atoms with Gasteiger partial charge in [0.25, 0.3) is 5.91 Å². The van der Waals surface area contributed by atoms with Crippen LogP contribution in [0.15, 0.2) is 18.0 Å². The number of amides is 1. The number of hydrogen-bond acceptors (Lipinski definition) is 5. The first-order valence-corrected chi connectivity index (χ1v) is 4.75. The van der Waals surface area contributed by atoms with Crippen molar-refractivity contribution in [2.24, 2.45) is 0 Å². The summed E-state index contributed by atoms with van der Waals surface area (Å²) in [6, 6.07) is 0. The van der Waals surface area contributed by atoms with Crippen molar-refractivity contribution >= 4 is 17.2 Å². The summed E-state index contributed by atoms with van der Waals surface area (Å²) in [5.41, 5.74) is 1.61. The van der Waals surface area contributed by atoms with Crippen LogP contribution in [0.25, 0.3) is 0 Å². The lowest BCUT2D eigenvalue weighted by Crippen LogP contribution is -2.22. The third-order valence-electron chi connectivity index (χ3n) is 1.54. The predicted octanol–water partition coefficient (Wildman–Crippen LogP) is 0.191. The van der Waals surface area contributed by atoms with Crippen LogP contribution in [0.5, 0.6) is 0 Å². The molecule has 6 nitrogen and oxygen atoms in total. The SMILES string of the molecule is O=C(NCc1ncn[nH]1)c1cncs1. The molecular weight excluding hydrogens is 202 g/mol. The van der Waals surface area contributed by atoms with E-state index in [0.29, 0.717) is 17.2 Å². The Morgan fingerprint density at radius 1 is 1.64 bits per heavy atom. The number of aromatic amines is 1. The molecule has 2 aromatic heterocycles. The van der Waals surface area contributed by atoms with Crippen molar-refractivity contribution in [1.82, 2.24) is 25.5 Å². The topological polar surface area (TPSA) is 83.6 Å². The molecule has 0 aromatic carbocycles. The standard InChI is InChI=1S/C7H7N5OS/c13-7(5-1-8-4-14-5)9-2-6-10-3-11-12-6/h1,3-4H,2H2,(H,9,13)(H,10,11,12). The van der Waals surface area contributed by atoms with Gasteiger partial charge in [0.1, 0.15) is 17.0 Å². The van der Waals surface area contributed by atoms with Crippen LogP contribution in [0.2, 0.25) is 0 Å². The number of nitrogens with one attached hydrogen (secondary N) is 2. The van der Waals surface area contributed by atoms with Crippen molar-refractivity contribution in [3.63, 3.8) is 0 Å². The van der Waals surface area contributed by atoms with Crippen LogP contribution in [-0.2, 0) is 6.54 Å². The van der Waals surface area contributed by atoms with Gasteiger partial charge in [-0.1, -0.05) is 0 Å². The summed E-state index contributed by atoms with van der Waals surface area (Å²) in [6.07, 6.45) is 2.93. The van der Waals surface area contributed by atoms with E-state index in [-0.39, 0.29) is 5.91 Å². The molecule has 0 aliphatic rings. The van der Waals surface area contributed by atoms with Crippen molar-refractivity contribution in [2.75, 3.05) is 0 Å². The molecule has 0 atom stereocenters. The minimum Gasteiger partial charge on any atom is -0.344 e. The molecule has 1 amide bonds. The minimum absolute atomic E-state index is 0.149. The monoisotopic (exact) mass is 209 g/mol. The van der Waals surface area contributed by atoms with Gasteiger partial charge >= 0.3 is 0 Å². The molecule has 0 saturated heterocycles. The van der Waals surface area contributed by atoms with E-state index in [1.807, 2.05) is 0 Å². The number of hydrogen-bond donors (Lipinski definition) is 2. The number of carbonyl (C=O) groups excluding carboxylic acids is 1. The van der Waals surface area contributed by atoms with Crippen LogP contribution in [0.1, 0.15) is 15.5 Å². The molecule has 2 heterocycles. The molecule has 2 aromatic rings. The average molecular weight is 209 g/mol. The summed E-state index contributed by atoms with van der Waals surface area (Å²) >= 11 is 1.30. The fraction of sp³-hybridized carbons (Fsp3) is 0.143. The highest BCUT2D eigenvalue weighted by molar-refractivity contribution is 7.11. The minimum atomic E-state index is -0.149. The number of nitrogens with zero attached hydrogens (tertiary/aromatic N) is 3. The fourth-order valence-electron chi connectivity index (χ4n) is 0.895. The number of rotatable bonds is 3. The lowest BCUT2D eigenvalue weighted by Gasteiger charge is -1.98. The van der Waals surface area contributed by atoms with Crippen molar-refractivity contribution in [2.45, 2.75) is 6.54 Å². The zero-order valence-corrected chi connectivity index (χ0v) is 7.91. The lowest BCUT2D eigenvalue weighted by molar-refractivity contribution is 0.0954. The van der Waals surface area contributed by atoms with Crippen molar-refractivity contribution < 1.29 is 4.79 Å². The Kier molecular flexibility index (Phi) is 2.50. The van der Waals surface area contributed by atoms with E-state index >= 15 is 0 Å². The first kappa shape index (κ1) is 8.82. The molecule has 0 spiro atoms. The van der Waals surface area contributed by atoms with Gasteiger partial charge in [0.05, 0.1) is 18.3 Å². The second-order valence-electron chi connectivity index (χ2n) is 2.48. The van der Waals surface area contributed by atoms with Gasteiger partial charge in [-0.3, -0.25) is 14.9 Å². The highest BCUT2D eigenvalue weighted by Gasteiger charge is 2.06. The van der Waals surface area contributed by atoms with E-state index in [1.165, 1.54) is 23.9 Å². The second-order valence-corrected chi connectivity index (χ2v) is 3.37. The normalized spacial score (nSPS) is 10.0. The molecule has 0 aliphatic carbocycles. The Morgan fingerprint density at radius 3 is 3.21 bits per heavy atom. The summed E-state index contributed by atoms with van der Waals surface area (Å²) < 4.78 is 0. The summed E-state index contributed by atoms with van der Waals surface area (Å²) in [7, 11) is 0. The molecule has 0 fully saturated rings. The van der Waals surface area contributed by atoms with E-state index < -0.39 is 0 Å². The maximum atomic E-state index is 11.4. The third-order valence-corrected chi connectivity index (χ3v) is 2.31. The Balaban J connectivity index is 1.90. The molecule has 0 aliphatic heterocycles. The summed E-state index contributed by atoms with van der Waals surface area (Å²) in [5, 5.41) is 9.00. The number of aromatic nitrogens is 4. The largest absolute Gasteiger partial charge is 0.344 e. The zero-order valence-electron chi connectivity index (χ0n) is 7.10. The van der Waals surface area contributed by atoms with Crippen LogP contribution in [-0.4, -0.2) is 26.1 Å². The van der Waals surface area contributed by atoms with E-state index in [9.17, 15) is 4.79 Å². The Bertz CT molecular complexity index is 396. The number of carbonyl (C=O) groups is 1. The van der Waals surface area contributed by atoms with Crippen LogP contribution in [0.3, 0.4) is 0 Å². The van der Waals surface area contributed by atoms with E-state index in [2.05, 4.69) is 25.5 Å². The van der Waals surface area contributed by atoms with E-state index in [0.717, 1.165) is 0 Å². The van der Waals surface area contributed by atoms with Gasteiger partial charge in [0.15, 0.2) is 0 Å².